The summed E-state index contributed by atoms with van der Waals surface area (Å²) in [5.74, 6) is -15.6. The lowest BCUT2D eigenvalue weighted by Gasteiger charge is -2.54. The molecule has 4 saturated carbocycles. The van der Waals surface area contributed by atoms with Gasteiger partial charge in [-0.2, -0.15) is 0 Å². The van der Waals surface area contributed by atoms with E-state index in [2.05, 4.69) is 42.5 Å². The molecule has 0 spiro atoms. The zero-order valence-electron chi connectivity index (χ0n) is 68.0. The van der Waals surface area contributed by atoms with Gasteiger partial charge in [0.15, 0.2) is 28.8 Å². The molecule has 6 heterocycles. The summed E-state index contributed by atoms with van der Waals surface area (Å²) in [7, 11) is 0. The molecule has 5 fully saturated rings. The van der Waals surface area contributed by atoms with E-state index in [1.54, 1.807) is 19.1 Å². The van der Waals surface area contributed by atoms with Crippen molar-refractivity contribution in [2.24, 2.45) is 53.1 Å². The predicted octanol–water partition coefficient (Wildman–Crippen LogP) is 8.04. The number of hydrogen-bond donors (Lipinski definition) is 17. The van der Waals surface area contributed by atoms with E-state index in [0.717, 1.165) is 62.4 Å². The number of rotatable bonds is 24. The number of carbonyl (C=O) groups excluding carboxylic acids is 9. The molecule has 6 aromatic carbocycles. The number of hydrogen-bond acceptors (Lipinski definition) is 26. The fourth-order valence-corrected chi connectivity index (χ4v) is 18.7. The van der Waals surface area contributed by atoms with Gasteiger partial charge in [-0.3, -0.25) is 43.7 Å². The lowest BCUT2D eigenvalue weighted by atomic mass is 9.51. The molecule has 10 aliphatic rings. The van der Waals surface area contributed by atoms with E-state index < -0.39 is 198 Å². The van der Waals surface area contributed by atoms with Gasteiger partial charge >= 0.3 is 6.03 Å². The predicted molar refractivity (Wildman–Crippen MR) is 443 cm³/mol. The Kier molecular flexibility index (Phi) is 28.7. The number of nitrogens with one attached hydrogen (secondary N) is 8. The number of Topliss-reactive ketones (excluding diaryl/α,β-unsaturated/α-hetero) is 3. The fraction of sp³-hybridized carbons (Fsp3) is 0.489. The van der Waals surface area contributed by atoms with Crippen molar-refractivity contribution in [1.29, 1.82) is 0 Å². The van der Waals surface area contributed by atoms with Crippen LogP contribution in [0.1, 0.15) is 163 Å². The van der Waals surface area contributed by atoms with E-state index in [1.807, 2.05) is 27.7 Å². The van der Waals surface area contributed by atoms with Crippen LogP contribution in [-0.4, -0.2) is 182 Å². The van der Waals surface area contributed by atoms with Crippen LogP contribution in [0.4, 0.5) is 10.5 Å². The van der Waals surface area contributed by atoms with Crippen molar-refractivity contribution >= 4 is 81.8 Å². The zero-order chi connectivity index (χ0) is 87.2. The number of nitrogens with two attached hydrogens (primary N) is 1. The lowest BCUT2D eigenvalue weighted by Crippen LogP contribution is -2.60. The maximum atomic E-state index is 16.7. The maximum Gasteiger partial charge on any atom is 0.325 e. The Labute approximate surface area is 713 Å². The molecule has 654 valence electrons. The molecule has 18 N–H and O–H groups in total. The van der Waals surface area contributed by atoms with Crippen LogP contribution < -0.4 is 72.0 Å². The van der Waals surface area contributed by atoms with Gasteiger partial charge in [0.2, 0.25) is 41.6 Å². The van der Waals surface area contributed by atoms with Gasteiger partial charge in [0.1, 0.15) is 114 Å². The van der Waals surface area contributed by atoms with Gasteiger partial charge in [0, 0.05) is 74.5 Å². The normalized spacial score (nSPS) is 27.1. The van der Waals surface area contributed by atoms with E-state index >= 15 is 28.8 Å². The van der Waals surface area contributed by atoms with Crippen molar-refractivity contribution < 1.29 is 112 Å². The van der Waals surface area contributed by atoms with Gasteiger partial charge in [0.25, 0.3) is 0 Å². The minimum absolute atomic E-state index is 0.0352. The zero-order valence-corrected chi connectivity index (χ0v) is 69.6. The van der Waals surface area contributed by atoms with Gasteiger partial charge in [-0.05, 0) is 188 Å². The number of ether oxygens (including phenoxy) is 6. The number of anilines is 1. The first-order chi connectivity index (χ1) is 58.4. The smallest absolute Gasteiger partial charge is 0.325 e. The number of halogens is 2. The highest BCUT2D eigenvalue weighted by atomic mass is 35.5. The van der Waals surface area contributed by atoms with Crippen molar-refractivity contribution in [3.63, 3.8) is 0 Å². The second-order valence-corrected chi connectivity index (χ2v) is 33.9. The molecule has 0 unspecified atom stereocenters. The molecule has 6 aliphatic heterocycles. The Morgan fingerprint density at radius 3 is 1.89 bits per heavy atom. The Morgan fingerprint density at radius 1 is 0.631 bits per heavy atom. The molecular weight excluding hydrogens is 1620 g/mol. The molecule has 16 rings (SSSR count). The first-order valence-electron chi connectivity index (χ1n) is 41.5. The van der Waals surface area contributed by atoms with E-state index in [-0.39, 0.29) is 122 Å². The number of aromatic hydroxyl groups is 3. The van der Waals surface area contributed by atoms with Crippen LogP contribution in [-0.2, 0) is 43.1 Å². The van der Waals surface area contributed by atoms with Crippen LogP contribution in [0.25, 0.3) is 11.1 Å². The minimum Gasteiger partial charge on any atom is -0.508 e. The Balaban J connectivity index is 0.980. The van der Waals surface area contributed by atoms with E-state index in [0.29, 0.717) is 50.2 Å². The van der Waals surface area contributed by atoms with Crippen molar-refractivity contribution in [3.8, 4) is 68.6 Å². The third-order valence-corrected chi connectivity index (χ3v) is 24.8. The van der Waals surface area contributed by atoms with Crippen LogP contribution in [0.5, 0.6) is 57.5 Å². The van der Waals surface area contributed by atoms with Crippen LogP contribution in [0.15, 0.2) is 97.1 Å². The van der Waals surface area contributed by atoms with Gasteiger partial charge in [-0.1, -0.05) is 76.0 Å². The number of benzene rings is 6. The van der Waals surface area contributed by atoms with Crippen LogP contribution >= 0.6 is 23.2 Å². The number of urea groups is 1. The van der Waals surface area contributed by atoms with E-state index in [1.165, 1.54) is 54.6 Å². The summed E-state index contributed by atoms with van der Waals surface area (Å²) < 4.78 is 37.9. The molecule has 0 aromatic heterocycles. The van der Waals surface area contributed by atoms with Crippen LogP contribution in [0, 0.1) is 47.3 Å². The summed E-state index contributed by atoms with van der Waals surface area (Å²) in [6.07, 6.45) is -11.5. The first-order valence-corrected chi connectivity index (χ1v) is 42.3. The highest BCUT2D eigenvalue weighted by Crippen LogP contribution is 2.58. The summed E-state index contributed by atoms with van der Waals surface area (Å²) in [6, 6.07) is 10.6. The number of phenols is 3. The number of amides is 7. The summed E-state index contributed by atoms with van der Waals surface area (Å²) in [4.78, 5) is 140. The summed E-state index contributed by atoms with van der Waals surface area (Å²) in [6.45, 7) is 11.4. The molecule has 32 nitrogen and oxygen atoms in total. The van der Waals surface area contributed by atoms with Crippen molar-refractivity contribution in [2.75, 3.05) is 51.3 Å². The molecule has 6 aromatic rings. The SMILES string of the molecule is CCNCCOc1ccc(OCCNCC)c(NC(=O)NC(=O)C[C@@H]2CC(=O)[C@H](NC(=O)[C@H](CC)CC(C)C)[C@H](O)c3ccc(c(Cl)c3)Oc3cc4cc(c3O[C@@H]3O[C@H](CN)[C@@H](O)[C@H](O)[C@H]3O)Oc3ccc(cc3Cl)[C@@H](O)[C@@H]3NC(=O)[C@H](CC(=O)[C@@H]4NC2=O)c2ccc(O)c(c2)-c2c(O)cc(O)cc2[C@@H](C(=O)CC2C4CC5CC(C4)CC2C5)NC3=O)c1. The number of aliphatic hydroxyl groups is 5. The van der Waals surface area contributed by atoms with Crippen molar-refractivity contribution in [2.45, 2.75) is 178 Å². The topological polar surface area (TPSA) is 493 Å². The van der Waals surface area contributed by atoms with Crippen molar-refractivity contribution in [1.82, 2.24) is 37.2 Å². The summed E-state index contributed by atoms with van der Waals surface area (Å²) in [5, 5.41) is 117. The second kappa shape index (κ2) is 39.1. The average molecular weight is 1730 g/mol. The van der Waals surface area contributed by atoms with Gasteiger partial charge < -0.3 is 112 Å². The number of aliphatic hydroxyl groups excluding tert-OH is 5. The van der Waals surface area contributed by atoms with Crippen LogP contribution in [0.2, 0.25) is 10.0 Å². The minimum atomic E-state index is -2.23. The summed E-state index contributed by atoms with van der Waals surface area (Å²) in [5.41, 5.74) is 4.47. The highest BCUT2D eigenvalue weighted by Gasteiger charge is 2.51. The molecule has 4 aliphatic carbocycles. The quantitative estimate of drug-likeness (QED) is 0.0255. The van der Waals surface area contributed by atoms with Gasteiger partial charge in [-0.25, -0.2) is 4.79 Å². The molecule has 1 saturated heterocycles. The number of carbonyl (C=O) groups is 9. The average Bonchev–Trinajstić information content (AvgIpc) is 0.752. The standard InChI is InChI=1S/C88H105Cl2N9O23/c1-6-43(21-40(4)5)83(112)98-75-62(103)30-50(33-71(106)95-88(116)94-59-36-52(117-19-17-92-7-2)12-16-67(59)118-20-18-93-8-3)84(113)96-73-49-31-68(119-65-14-10-45(77(75)107)28-57(65)89)82(122-87-81(111)80(110)79(109)70(39-91)121-87)69(32-49)120-66-15-11-46(29-58(66)90)78(108)76-86(115)97-74(64(105)37-53-47-23-41-22-42(25-47)26-48(53)24-41)56-34-51(100)35-61(102)72(56)55-27-44(9-13-60(55)101)54(38-63(73)104)85(114)99-76/h9-16,27-29,31-32,34-36,40-43,47-48,50,53-54,70,73-81,87,92-93,100-102,107-111H,6-8,17-26,30,33,37-39,91H2,1-5H3,(H,96,113)(H,97,115)(H,98,112)(H,99,114)(H2,94,95,106,116)/t41?,42?,43-,47?,48?,50+,53?,54-,70-,73-,74+,75+,76+,77-,78-,79-,80+,81-,87+/m1/s1. The number of fused-ring (bicyclic) bond motifs is 15. The van der Waals surface area contributed by atoms with Gasteiger partial charge in [0.05, 0.1) is 27.6 Å². The monoisotopic (exact) mass is 1730 g/mol. The van der Waals surface area contributed by atoms with Crippen molar-refractivity contribution in [3.05, 3.63) is 135 Å². The largest absolute Gasteiger partial charge is 0.508 e. The second-order valence-electron chi connectivity index (χ2n) is 33.1. The number of imide groups is 1. The number of phenolic OH excluding ortho intramolecular Hbond substituents is 3. The molecule has 34 heteroatoms. The number of likely N-dealkylation sites (N-methyl/N-ethyl adjacent to an activating group) is 2. The molecule has 122 heavy (non-hydrogen) atoms. The van der Waals surface area contributed by atoms with E-state index in [4.69, 9.17) is 57.4 Å². The molecule has 0 radical (unpaired) electrons. The first kappa shape index (κ1) is 89.5. The van der Waals surface area contributed by atoms with Crippen LogP contribution in [0.3, 0.4) is 0 Å². The Hall–Kier alpha value is -10.2. The Morgan fingerprint density at radius 2 is 1.27 bits per heavy atom. The number of ketones is 3. The molecular formula is C88H105Cl2N9O23. The highest BCUT2D eigenvalue weighted by molar-refractivity contribution is 6.32. The lowest BCUT2D eigenvalue weighted by molar-refractivity contribution is -0.270. The Bertz CT molecular complexity index is 4910. The molecule has 14 atom stereocenters. The molecule has 7 amide bonds. The summed E-state index contributed by atoms with van der Waals surface area (Å²) >= 11 is 14.4. The maximum absolute atomic E-state index is 16.7. The van der Waals surface area contributed by atoms with Gasteiger partial charge in [-0.15, -0.1) is 0 Å². The third-order valence-electron chi connectivity index (χ3n) is 24.2. The third kappa shape index (κ3) is 20.2. The van der Waals surface area contributed by atoms with E-state index in [9.17, 15) is 55.2 Å². The molecule has 15 bridgehead atoms. The fourth-order valence-electron chi connectivity index (χ4n) is 18.3.